The number of carbonyl (C=O) groups excluding carboxylic acids is 3. The SMILES string of the molecule is CCOC(=O)C1(C(=O)OCCCCCOC(=O)C2(CC)CC3C=CC2(CO)O3)CC2C=CC1(CO)O2. The molecule has 2 saturated heterocycles. The highest BCUT2D eigenvalue weighted by Crippen LogP contribution is 2.55. The van der Waals surface area contributed by atoms with Crippen LogP contribution in [0.4, 0.5) is 0 Å². The van der Waals surface area contributed by atoms with Gasteiger partial charge in [-0.2, -0.15) is 0 Å². The molecule has 0 aromatic rings. The minimum atomic E-state index is -1.74. The predicted octanol–water partition coefficient (Wildman–Crippen LogP) is 1.37. The topological polar surface area (TPSA) is 138 Å². The van der Waals surface area contributed by atoms with E-state index in [0.29, 0.717) is 32.1 Å². The smallest absolute Gasteiger partial charge is 0.327 e. The molecule has 0 aromatic carbocycles. The van der Waals surface area contributed by atoms with Crippen LogP contribution in [-0.2, 0) is 38.1 Å². The van der Waals surface area contributed by atoms with E-state index in [4.69, 9.17) is 23.7 Å². The summed E-state index contributed by atoms with van der Waals surface area (Å²) in [4.78, 5) is 38.9. The van der Waals surface area contributed by atoms with Crippen molar-refractivity contribution in [2.45, 2.75) is 75.8 Å². The van der Waals surface area contributed by atoms with Crippen molar-refractivity contribution in [1.82, 2.24) is 0 Å². The first-order chi connectivity index (χ1) is 17.3. The fourth-order valence-electron chi connectivity index (χ4n) is 6.08. The van der Waals surface area contributed by atoms with Crippen molar-refractivity contribution >= 4 is 17.9 Å². The third-order valence-corrected chi connectivity index (χ3v) is 8.16. The largest absolute Gasteiger partial charge is 0.465 e. The third kappa shape index (κ3) is 3.89. The lowest BCUT2D eigenvalue weighted by Gasteiger charge is -2.38. The summed E-state index contributed by atoms with van der Waals surface area (Å²) in [6.45, 7) is 3.07. The number of hydrogen-bond donors (Lipinski definition) is 2. The van der Waals surface area contributed by atoms with Crippen LogP contribution >= 0.6 is 0 Å². The summed E-state index contributed by atoms with van der Waals surface area (Å²) >= 11 is 0. The highest BCUT2D eigenvalue weighted by atomic mass is 16.6. The molecule has 0 spiro atoms. The van der Waals surface area contributed by atoms with Crippen molar-refractivity contribution in [2.24, 2.45) is 10.8 Å². The fraction of sp³-hybridized carbons (Fsp3) is 0.731. The molecule has 0 aliphatic carbocycles. The molecule has 4 aliphatic heterocycles. The Balaban J connectivity index is 1.24. The molecule has 6 atom stereocenters. The van der Waals surface area contributed by atoms with Gasteiger partial charge in [-0.25, -0.2) is 0 Å². The summed E-state index contributed by atoms with van der Waals surface area (Å²) in [5.74, 6) is -1.89. The minimum absolute atomic E-state index is 0.0615. The van der Waals surface area contributed by atoms with Crippen LogP contribution in [0.5, 0.6) is 0 Å². The second-order valence-corrected chi connectivity index (χ2v) is 9.93. The van der Waals surface area contributed by atoms with Crippen LogP contribution in [0.25, 0.3) is 0 Å². The minimum Gasteiger partial charge on any atom is -0.465 e. The number of fused-ring (bicyclic) bond motifs is 4. The highest BCUT2D eigenvalue weighted by Gasteiger charge is 2.71. The first kappa shape index (κ1) is 26.8. The molecular formula is C26H36O10. The molecule has 0 radical (unpaired) electrons. The average molecular weight is 509 g/mol. The fourth-order valence-corrected chi connectivity index (χ4v) is 6.08. The molecule has 200 valence electrons. The third-order valence-electron chi connectivity index (χ3n) is 8.16. The average Bonchev–Trinajstić information content (AvgIpc) is 3.65. The lowest BCUT2D eigenvalue weighted by molar-refractivity contribution is -0.184. The molecule has 2 N–H and O–H groups in total. The molecular weight excluding hydrogens is 472 g/mol. The number of aliphatic hydroxyl groups excluding tert-OH is 2. The van der Waals surface area contributed by atoms with E-state index in [1.807, 2.05) is 13.0 Å². The van der Waals surface area contributed by atoms with Crippen LogP contribution in [0.2, 0.25) is 0 Å². The van der Waals surface area contributed by atoms with E-state index in [0.717, 1.165) is 0 Å². The molecule has 4 heterocycles. The molecule has 2 fully saturated rings. The maximum Gasteiger partial charge on any atom is 0.327 e. The maximum atomic E-state index is 13.1. The second kappa shape index (κ2) is 10.2. The Bertz CT molecular complexity index is 930. The summed E-state index contributed by atoms with van der Waals surface area (Å²) in [6, 6.07) is 0. The molecule has 0 amide bonds. The van der Waals surface area contributed by atoms with Gasteiger partial charge in [0.1, 0.15) is 16.6 Å². The molecule has 10 nitrogen and oxygen atoms in total. The van der Waals surface area contributed by atoms with Gasteiger partial charge in [-0.15, -0.1) is 0 Å². The lowest BCUT2D eigenvalue weighted by Crippen LogP contribution is -2.57. The zero-order valence-electron chi connectivity index (χ0n) is 20.9. The van der Waals surface area contributed by atoms with Crippen LogP contribution < -0.4 is 0 Å². The monoisotopic (exact) mass is 508 g/mol. The normalized spacial score (nSPS) is 37.4. The number of esters is 3. The van der Waals surface area contributed by atoms with Crippen molar-refractivity contribution < 1.29 is 48.3 Å². The number of carbonyl (C=O) groups is 3. The van der Waals surface area contributed by atoms with E-state index in [2.05, 4.69) is 0 Å². The van der Waals surface area contributed by atoms with Crippen LogP contribution in [-0.4, -0.2) is 84.6 Å². The van der Waals surface area contributed by atoms with Crippen molar-refractivity contribution in [3.8, 4) is 0 Å². The van der Waals surface area contributed by atoms with E-state index in [1.165, 1.54) is 0 Å². The summed E-state index contributed by atoms with van der Waals surface area (Å²) in [6.07, 6.45) is 9.04. The van der Waals surface area contributed by atoms with E-state index in [9.17, 15) is 24.6 Å². The number of hydrogen-bond acceptors (Lipinski definition) is 10. The zero-order valence-corrected chi connectivity index (χ0v) is 20.9. The molecule has 4 aliphatic rings. The molecule has 10 heteroatoms. The summed E-state index contributed by atoms with van der Waals surface area (Å²) < 4.78 is 27.8. The van der Waals surface area contributed by atoms with Crippen molar-refractivity contribution in [1.29, 1.82) is 0 Å². The number of ether oxygens (including phenoxy) is 5. The van der Waals surface area contributed by atoms with Crippen molar-refractivity contribution in [3.63, 3.8) is 0 Å². The summed E-state index contributed by atoms with van der Waals surface area (Å²) in [5, 5.41) is 19.9. The van der Waals surface area contributed by atoms with E-state index >= 15 is 0 Å². The number of unbranched alkanes of at least 4 members (excludes halogenated alkanes) is 2. The van der Waals surface area contributed by atoms with Crippen LogP contribution in [0.1, 0.15) is 52.4 Å². The first-order valence-electron chi connectivity index (χ1n) is 12.8. The Morgan fingerprint density at radius 1 is 0.806 bits per heavy atom. The second-order valence-electron chi connectivity index (χ2n) is 9.93. The molecule has 6 unspecified atom stereocenters. The summed E-state index contributed by atoms with van der Waals surface area (Å²) in [5.41, 5.74) is -5.12. The predicted molar refractivity (Wildman–Crippen MR) is 124 cm³/mol. The molecule has 0 aromatic heterocycles. The van der Waals surface area contributed by atoms with Crippen molar-refractivity contribution in [2.75, 3.05) is 33.0 Å². The van der Waals surface area contributed by atoms with Gasteiger partial charge in [0, 0.05) is 6.42 Å². The van der Waals surface area contributed by atoms with Crippen LogP contribution in [0, 0.1) is 10.8 Å². The highest BCUT2D eigenvalue weighted by molar-refractivity contribution is 6.03. The van der Waals surface area contributed by atoms with E-state index < -0.39 is 46.7 Å². The Morgan fingerprint density at radius 2 is 1.36 bits per heavy atom. The van der Waals surface area contributed by atoms with Gasteiger partial charge < -0.3 is 33.9 Å². The van der Waals surface area contributed by atoms with Gasteiger partial charge in [-0.3, -0.25) is 14.4 Å². The van der Waals surface area contributed by atoms with Gasteiger partial charge in [0.05, 0.1) is 45.2 Å². The molecule has 36 heavy (non-hydrogen) atoms. The van der Waals surface area contributed by atoms with E-state index in [1.54, 1.807) is 25.2 Å². The Hall–Kier alpha value is -2.27. The maximum absolute atomic E-state index is 13.1. The van der Waals surface area contributed by atoms with E-state index in [-0.39, 0.29) is 44.9 Å². The lowest BCUT2D eigenvalue weighted by atomic mass is 9.67. The Morgan fingerprint density at radius 3 is 1.92 bits per heavy atom. The number of aliphatic hydroxyl groups is 2. The van der Waals surface area contributed by atoms with Gasteiger partial charge in [-0.05, 0) is 39.0 Å². The zero-order chi connectivity index (χ0) is 26.0. The van der Waals surface area contributed by atoms with Crippen molar-refractivity contribution in [3.05, 3.63) is 24.3 Å². The van der Waals surface area contributed by atoms with Gasteiger partial charge in [0.2, 0.25) is 5.41 Å². The van der Waals surface area contributed by atoms with Crippen LogP contribution in [0.15, 0.2) is 24.3 Å². The van der Waals surface area contributed by atoms with Crippen LogP contribution in [0.3, 0.4) is 0 Å². The first-order valence-corrected chi connectivity index (χ1v) is 12.8. The van der Waals surface area contributed by atoms with Gasteiger partial charge >= 0.3 is 17.9 Å². The molecule has 4 bridgehead atoms. The quantitative estimate of drug-likeness (QED) is 0.123. The Labute approximate surface area is 210 Å². The summed E-state index contributed by atoms with van der Waals surface area (Å²) in [7, 11) is 0. The van der Waals surface area contributed by atoms with Gasteiger partial charge in [-0.1, -0.05) is 31.2 Å². The van der Waals surface area contributed by atoms with Gasteiger partial charge in [0.25, 0.3) is 0 Å². The molecule has 4 rings (SSSR count). The molecule has 0 saturated carbocycles. The van der Waals surface area contributed by atoms with Gasteiger partial charge in [0.15, 0.2) is 0 Å². The number of rotatable bonds is 13. The standard InChI is InChI=1S/C26H36O10/c1-3-23(14-18-8-10-24(23,16-27)35-18)20(29)33-12-6-5-7-13-34-22(31)26(21(30)32-4-2)15-19-9-11-25(26,17-28)36-19/h8-11,18-19,27-28H,3-7,12-17H2,1-2H3. The Kier molecular flexibility index (Phi) is 7.62.